The van der Waals surface area contributed by atoms with E-state index in [1.54, 1.807) is 12.1 Å². The van der Waals surface area contributed by atoms with Crippen molar-refractivity contribution in [1.29, 1.82) is 0 Å². The molecule has 2 aromatic carbocycles. The topological polar surface area (TPSA) is 90.4 Å². The Labute approximate surface area is 149 Å². The first-order chi connectivity index (χ1) is 12.3. The third-order valence-electron chi connectivity index (χ3n) is 3.67. The third-order valence-corrected chi connectivity index (χ3v) is 4.27. The number of nitrogens with zero attached hydrogens (tertiary/aromatic N) is 2. The second kappa shape index (κ2) is 6.75. The number of benzene rings is 2. The van der Waals surface area contributed by atoms with Gasteiger partial charge >= 0.3 is 0 Å². The summed E-state index contributed by atoms with van der Waals surface area (Å²) in [5.41, 5.74) is 1.26. The zero-order valence-corrected chi connectivity index (χ0v) is 15.1. The number of hydrogen-bond donors (Lipinski definition) is 1. The standard InChI is InChI=1S/C17H16FN3O4S/c1-24-15-7-12-14(8-16(15)25-2)19-9-20-17(12)11-5-4-10(6-13(11)18)21-26(3,22)23/h4-9,21H,1-3H3. The maximum absolute atomic E-state index is 14.6. The van der Waals surface area contributed by atoms with Crippen LogP contribution in [0.4, 0.5) is 10.1 Å². The molecule has 9 heteroatoms. The number of anilines is 1. The number of nitrogens with one attached hydrogen (secondary N) is 1. The molecule has 0 radical (unpaired) electrons. The molecule has 3 aromatic rings. The van der Waals surface area contributed by atoms with Gasteiger partial charge in [0.15, 0.2) is 11.5 Å². The smallest absolute Gasteiger partial charge is 0.229 e. The average molecular weight is 377 g/mol. The van der Waals surface area contributed by atoms with Gasteiger partial charge in [0.1, 0.15) is 12.1 Å². The van der Waals surface area contributed by atoms with Gasteiger partial charge in [-0.3, -0.25) is 4.72 Å². The Balaban J connectivity index is 2.16. The number of rotatable bonds is 5. The van der Waals surface area contributed by atoms with Gasteiger partial charge in [-0.2, -0.15) is 0 Å². The number of sulfonamides is 1. The van der Waals surface area contributed by atoms with Crippen LogP contribution in [0.25, 0.3) is 22.2 Å². The van der Waals surface area contributed by atoms with E-state index in [0.717, 1.165) is 12.3 Å². The van der Waals surface area contributed by atoms with Crippen LogP contribution in [-0.2, 0) is 10.0 Å². The highest BCUT2D eigenvalue weighted by molar-refractivity contribution is 7.92. The Morgan fingerprint density at radius 2 is 1.73 bits per heavy atom. The minimum absolute atomic E-state index is 0.131. The predicted molar refractivity (Wildman–Crippen MR) is 96.5 cm³/mol. The van der Waals surface area contributed by atoms with Crippen LogP contribution in [0.15, 0.2) is 36.7 Å². The fourth-order valence-electron chi connectivity index (χ4n) is 2.58. The summed E-state index contributed by atoms with van der Waals surface area (Å²) in [6, 6.07) is 7.38. The molecule has 0 aliphatic carbocycles. The number of fused-ring (bicyclic) bond motifs is 1. The van der Waals surface area contributed by atoms with Gasteiger partial charge < -0.3 is 9.47 Å². The second-order valence-corrected chi connectivity index (χ2v) is 7.26. The van der Waals surface area contributed by atoms with E-state index in [4.69, 9.17) is 9.47 Å². The fourth-order valence-corrected chi connectivity index (χ4v) is 3.14. The molecular weight excluding hydrogens is 361 g/mol. The second-order valence-electron chi connectivity index (χ2n) is 5.52. The lowest BCUT2D eigenvalue weighted by atomic mass is 10.0. The lowest BCUT2D eigenvalue weighted by Gasteiger charge is -2.12. The first-order valence-corrected chi connectivity index (χ1v) is 9.36. The summed E-state index contributed by atoms with van der Waals surface area (Å²) < 4.78 is 50.0. The molecule has 0 spiro atoms. The summed E-state index contributed by atoms with van der Waals surface area (Å²) in [4.78, 5) is 8.37. The van der Waals surface area contributed by atoms with Gasteiger partial charge in [-0.1, -0.05) is 0 Å². The molecule has 0 amide bonds. The van der Waals surface area contributed by atoms with Gasteiger partial charge in [0.25, 0.3) is 0 Å². The molecule has 3 rings (SSSR count). The van der Waals surface area contributed by atoms with Gasteiger partial charge in [-0.05, 0) is 24.3 Å². The van der Waals surface area contributed by atoms with Crippen LogP contribution in [0.1, 0.15) is 0 Å². The molecule has 26 heavy (non-hydrogen) atoms. The fraction of sp³-hybridized carbons (Fsp3) is 0.176. The van der Waals surface area contributed by atoms with Gasteiger partial charge in [-0.25, -0.2) is 22.8 Å². The molecule has 0 fully saturated rings. The van der Waals surface area contributed by atoms with E-state index >= 15 is 0 Å². The van der Waals surface area contributed by atoms with E-state index in [-0.39, 0.29) is 11.3 Å². The predicted octanol–water partition coefficient (Wildman–Crippen LogP) is 2.82. The molecular formula is C17H16FN3O4S. The molecule has 1 N–H and O–H groups in total. The summed E-state index contributed by atoms with van der Waals surface area (Å²) in [6.45, 7) is 0. The zero-order chi connectivity index (χ0) is 18.9. The highest BCUT2D eigenvalue weighted by atomic mass is 32.2. The maximum atomic E-state index is 14.6. The monoisotopic (exact) mass is 377 g/mol. The van der Waals surface area contributed by atoms with Crippen molar-refractivity contribution < 1.29 is 22.3 Å². The van der Waals surface area contributed by atoms with Crippen LogP contribution in [0, 0.1) is 5.82 Å². The highest BCUT2D eigenvalue weighted by Gasteiger charge is 2.15. The lowest BCUT2D eigenvalue weighted by Crippen LogP contribution is -2.09. The number of hydrogen-bond acceptors (Lipinski definition) is 6. The summed E-state index contributed by atoms with van der Waals surface area (Å²) >= 11 is 0. The van der Waals surface area contributed by atoms with Gasteiger partial charge in [0, 0.05) is 17.0 Å². The Hall–Kier alpha value is -2.94. The van der Waals surface area contributed by atoms with E-state index in [1.165, 1.54) is 32.7 Å². The molecule has 7 nitrogen and oxygen atoms in total. The van der Waals surface area contributed by atoms with E-state index < -0.39 is 15.8 Å². The average Bonchev–Trinajstić information content (AvgIpc) is 2.59. The van der Waals surface area contributed by atoms with Gasteiger partial charge in [0.2, 0.25) is 10.0 Å². The Kier molecular flexibility index (Phi) is 4.64. The summed E-state index contributed by atoms with van der Waals surface area (Å²) in [6.07, 6.45) is 2.32. The van der Waals surface area contributed by atoms with Crippen molar-refractivity contribution in [1.82, 2.24) is 9.97 Å². The van der Waals surface area contributed by atoms with Crippen molar-refractivity contribution in [3.05, 3.63) is 42.5 Å². The van der Waals surface area contributed by atoms with Crippen molar-refractivity contribution in [2.24, 2.45) is 0 Å². The van der Waals surface area contributed by atoms with E-state index in [0.29, 0.717) is 28.1 Å². The van der Waals surface area contributed by atoms with Crippen LogP contribution in [0.5, 0.6) is 11.5 Å². The normalized spacial score (nSPS) is 11.4. The number of aromatic nitrogens is 2. The van der Waals surface area contributed by atoms with Crippen LogP contribution < -0.4 is 14.2 Å². The summed E-state index contributed by atoms with van der Waals surface area (Å²) in [5, 5.41) is 0.577. The molecule has 0 atom stereocenters. The first-order valence-electron chi connectivity index (χ1n) is 7.47. The third kappa shape index (κ3) is 3.52. The molecule has 1 heterocycles. The van der Waals surface area contributed by atoms with Crippen molar-refractivity contribution in [2.75, 3.05) is 25.2 Å². The highest BCUT2D eigenvalue weighted by Crippen LogP contribution is 2.36. The Bertz CT molecular complexity index is 1090. The SMILES string of the molecule is COc1cc2ncnc(-c3ccc(NS(C)(=O)=O)cc3F)c2cc1OC. The van der Waals surface area contributed by atoms with Crippen LogP contribution >= 0.6 is 0 Å². The van der Waals surface area contributed by atoms with E-state index in [2.05, 4.69) is 14.7 Å². The molecule has 0 aliphatic rings. The Morgan fingerprint density at radius 1 is 1.04 bits per heavy atom. The van der Waals surface area contributed by atoms with Gasteiger partial charge in [0.05, 0.1) is 37.4 Å². The largest absolute Gasteiger partial charge is 0.493 e. The summed E-state index contributed by atoms with van der Waals surface area (Å²) in [7, 11) is -0.483. The molecule has 0 saturated carbocycles. The molecule has 0 bridgehead atoms. The maximum Gasteiger partial charge on any atom is 0.229 e. The number of ether oxygens (including phenoxy) is 2. The zero-order valence-electron chi connectivity index (χ0n) is 14.3. The number of halogens is 1. The van der Waals surface area contributed by atoms with Crippen molar-refractivity contribution in [3.8, 4) is 22.8 Å². The van der Waals surface area contributed by atoms with Crippen molar-refractivity contribution >= 4 is 26.6 Å². The molecule has 0 saturated heterocycles. The minimum atomic E-state index is -3.50. The van der Waals surface area contributed by atoms with E-state index in [9.17, 15) is 12.8 Å². The Morgan fingerprint density at radius 3 is 2.35 bits per heavy atom. The van der Waals surface area contributed by atoms with Crippen LogP contribution in [0.3, 0.4) is 0 Å². The summed E-state index contributed by atoms with van der Waals surface area (Å²) in [5.74, 6) is 0.345. The molecule has 136 valence electrons. The van der Waals surface area contributed by atoms with Crippen LogP contribution in [-0.4, -0.2) is 38.9 Å². The lowest BCUT2D eigenvalue weighted by molar-refractivity contribution is 0.356. The van der Waals surface area contributed by atoms with Crippen molar-refractivity contribution in [3.63, 3.8) is 0 Å². The quantitative estimate of drug-likeness (QED) is 0.735. The molecule has 1 aromatic heterocycles. The van der Waals surface area contributed by atoms with Crippen molar-refractivity contribution in [2.45, 2.75) is 0 Å². The number of methoxy groups -OCH3 is 2. The molecule has 0 unspecified atom stereocenters. The van der Waals surface area contributed by atoms with E-state index in [1.807, 2.05) is 0 Å². The molecule has 0 aliphatic heterocycles. The van der Waals surface area contributed by atoms with Crippen LogP contribution in [0.2, 0.25) is 0 Å². The van der Waals surface area contributed by atoms with Gasteiger partial charge in [-0.15, -0.1) is 0 Å². The minimum Gasteiger partial charge on any atom is -0.493 e. The first kappa shape index (κ1) is 17.9.